The summed E-state index contributed by atoms with van der Waals surface area (Å²) in [6.45, 7) is 1.72. The van der Waals surface area contributed by atoms with E-state index in [1.807, 2.05) is 0 Å². The fourth-order valence-electron chi connectivity index (χ4n) is 2.72. The van der Waals surface area contributed by atoms with Crippen molar-refractivity contribution in [2.24, 2.45) is 0 Å². The molecule has 0 radical (unpaired) electrons. The van der Waals surface area contributed by atoms with Crippen molar-refractivity contribution in [3.8, 4) is 5.75 Å². The summed E-state index contributed by atoms with van der Waals surface area (Å²) in [4.78, 5) is 35.5. The van der Waals surface area contributed by atoms with E-state index in [4.69, 9.17) is 9.52 Å². The maximum absolute atomic E-state index is 12.2. The summed E-state index contributed by atoms with van der Waals surface area (Å²) in [5, 5.41) is 21.7. The Balaban J connectivity index is 2.10. The quantitative estimate of drug-likeness (QED) is 0.569. The number of amides is 1. The molecule has 0 aliphatic rings. The van der Waals surface area contributed by atoms with Gasteiger partial charge in [-0.15, -0.1) is 0 Å². The number of fused-ring (bicyclic) bond motifs is 1. The van der Waals surface area contributed by atoms with Crippen molar-refractivity contribution in [2.75, 3.05) is 12.0 Å². The summed E-state index contributed by atoms with van der Waals surface area (Å²) >= 11 is 0. The number of rotatable bonds is 8. The highest BCUT2D eigenvalue weighted by atomic mass is 32.2. The van der Waals surface area contributed by atoms with Gasteiger partial charge in [0.2, 0.25) is 5.91 Å². The molecule has 9 heteroatoms. The maximum Gasteiger partial charge on any atom is 0.339 e. The van der Waals surface area contributed by atoms with Crippen LogP contribution < -0.4 is 10.9 Å². The number of hydrogen-bond donors (Lipinski definition) is 3. The van der Waals surface area contributed by atoms with Crippen LogP contribution in [0.3, 0.4) is 0 Å². The Morgan fingerprint density at radius 3 is 2.67 bits per heavy atom. The van der Waals surface area contributed by atoms with Crippen LogP contribution in [0, 0.1) is 6.92 Å². The number of carbonyl (C=O) groups is 2. The molecular weight excluding hydrogens is 374 g/mol. The SMILES string of the molecule is Cc1c(CCC(=O)N[C@@H](CC[S@](C)=O)C(=O)O)c(=O)oc2cc(O)ccc12. The molecule has 27 heavy (non-hydrogen) atoms. The van der Waals surface area contributed by atoms with Crippen molar-refractivity contribution in [3.05, 3.63) is 39.7 Å². The summed E-state index contributed by atoms with van der Waals surface area (Å²) in [7, 11) is -1.16. The first-order chi connectivity index (χ1) is 12.7. The Bertz CT molecular complexity index is 951. The van der Waals surface area contributed by atoms with Gasteiger partial charge in [0.1, 0.15) is 17.4 Å². The van der Waals surface area contributed by atoms with E-state index in [2.05, 4.69) is 5.32 Å². The van der Waals surface area contributed by atoms with Gasteiger partial charge in [0, 0.05) is 46.2 Å². The van der Waals surface area contributed by atoms with Crippen molar-refractivity contribution < 1.29 is 28.4 Å². The van der Waals surface area contributed by atoms with E-state index in [0.717, 1.165) is 0 Å². The standard InChI is InChI=1S/C18H21NO7S/c1-10-12-4-3-11(20)9-15(12)26-18(24)13(10)5-6-16(21)19-14(17(22)23)7-8-27(2)25/h3-4,9,14,20H,5-8H2,1-2H3,(H,19,21)(H,22,23)/t14-,27-/m0/s1. The molecule has 0 saturated heterocycles. The van der Waals surface area contributed by atoms with Gasteiger partial charge in [0.15, 0.2) is 0 Å². The number of carboxylic acids is 1. The van der Waals surface area contributed by atoms with Gasteiger partial charge in [-0.2, -0.15) is 0 Å². The van der Waals surface area contributed by atoms with Crippen molar-refractivity contribution >= 4 is 33.6 Å². The minimum absolute atomic E-state index is 0.0232. The lowest BCUT2D eigenvalue weighted by molar-refractivity contribution is -0.141. The van der Waals surface area contributed by atoms with Crippen molar-refractivity contribution in [1.82, 2.24) is 5.32 Å². The molecule has 0 bridgehead atoms. The third-order valence-electron chi connectivity index (χ3n) is 4.20. The van der Waals surface area contributed by atoms with E-state index >= 15 is 0 Å². The third-order valence-corrected chi connectivity index (χ3v) is 5.01. The van der Waals surface area contributed by atoms with Crippen LogP contribution in [-0.2, 0) is 26.8 Å². The molecule has 0 unspecified atom stereocenters. The van der Waals surface area contributed by atoms with Gasteiger partial charge in [-0.3, -0.25) is 9.00 Å². The molecule has 0 spiro atoms. The van der Waals surface area contributed by atoms with Gasteiger partial charge in [-0.1, -0.05) is 0 Å². The van der Waals surface area contributed by atoms with Crippen LogP contribution >= 0.6 is 0 Å². The summed E-state index contributed by atoms with van der Waals surface area (Å²) in [5.74, 6) is -1.58. The van der Waals surface area contributed by atoms with E-state index in [1.165, 1.54) is 18.4 Å². The zero-order valence-corrected chi connectivity index (χ0v) is 15.8. The minimum Gasteiger partial charge on any atom is -0.508 e. The fourth-order valence-corrected chi connectivity index (χ4v) is 3.29. The summed E-state index contributed by atoms with van der Waals surface area (Å²) in [6, 6.07) is 3.31. The number of carboxylic acid groups (broad SMARTS) is 1. The molecule has 0 saturated carbocycles. The number of phenolic OH excluding ortho intramolecular Hbond substituents is 1. The van der Waals surface area contributed by atoms with Gasteiger partial charge in [-0.25, -0.2) is 9.59 Å². The molecule has 3 N–H and O–H groups in total. The second-order valence-electron chi connectivity index (χ2n) is 6.20. The predicted molar refractivity (Wildman–Crippen MR) is 100 cm³/mol. The third kappa shape index (κ3) is 5.40. The first-order valence-electron chi connectivity index (χ1n) is 8.26. The second kappa shape index (κ2) is 8.81. The average molecular weight is 395 g/mol. The molecule has 1 aromatic heterocycles. The summed E-state index contributed by atoms with van der Waals surface area (Å²) in [5.41, 5.74) is 0.619. The van der Waals surface area contributed by atoms with Gasteiger partial charge in [0.25, 0.3) is 0 Å². The molecule has 2 aromatic rings. The number of phenols is 1. The number of aliphatic carboxylic acids is 1. The van der Waals surface area contributed by atoms with Crippen molar-refractivity contribution in [2.45, 2.75) is 32.2 Å². The van der Waals surface area contributed by atoms with Crippen LogP contribution in [0.15, 0.2) is 27.4 Å². The van der Waals surface area contributed by atoms with Crippen LogP contribution in [-0.4, -0.2) is 44.3 Å². The largest absolute Gasteiger partial charge is 0.508 e. The summed E-state index contributed by atoms with van der Waals surface area (Å²) in [6.07, 6.45) is 1.52. The van der Waals surface area contributed by atoms with Crippen LogP contribution in [0.5, 0.6) is 5.75 Å². The molecule has 2 rings (SSSR count). The normalized spacial score (nSPS) is 13.3. The monoisotopic (exact) mass is 395 g/mol. The first kappa shape index (κ1) is 20.6. The Kier molecular flexibility index (Phi) is 6.73. The van der Waals surface area contributed by atoms with Crippen LogP contribution in [0.2, 0.25) is 0 Å². The molecular formula is C18H21NO7S. The number of carbonyl (C=O) groups excluding carboxylic acids is 1. The van der Waals surface area contributed by atoms with Gasteiger partial charge in [0.05, 0.1) is 0 Å². The predicted octanol–water partition coefficient (Wildman–Crippen LogP) is 1.08. The molecule has 8 nitrogen and oxygen atoms in total. The van der Waals surface area contributed by atoms with E-state index in [9.17, 15) is 23.7 Å². The Hall–Kier alpha value is -2.68. The number of benzene rings is 1. The topological polar surface area (TPSA) is 134 Å². The van der Waals surface area contributed by atoms with E-state index in [1.54, 1.807) is 13.0 Å². The minimum atomic E-state index is -1.20. The van der Waals surface area contributed by atoms with Crippen molar-refractivity contribution in [3.63, 3.8) is 0 Å². The number of hydrogen-bond acceptors (Lipinski definition) is 6. The first-order valence-corrected chi connectivity index (χ1v) is 9.99. The maximum atomic E-state index is 12.2. The molecule has 1 aromatic carbocycles. The van der Waals surface area contributed by atoms with Gasteiger partial charge < -0.3 is 19.9 Å². The lowest BCUT2D eigenvalue weighted by Crippen LogP contribution is -2.41. The van der Waals surface area contributed by atoms with E-state index in [-0.39, 0.29) is 36.3 Å². The molecule has 146 valence electrons. The molecule has 0 aliphatic heterocycles. The number of nitrogens with one attached hydrogen (secondary N) is 1. The van der Waals surface area contributed by atoms with Crippen LogP contribution in [0.25, 0.3) is 11.0 Å². The Labute approximate surface area is 157 Å². The molecule has 1 heterocycles. The zero-order chi connectivity index (χ0) is 20.1. The highest BCUT2D eigenvalue weighted by Gasteiger charge is 2.21. The zero-order valence-electron chi connectivity index (χ0n) is 15.0. The highest BCUT2D eigenvalue weighted by Crippen LogP contribution is 2.23. The summed E-state index contributed by atoms with van der Waals surface area (Å²) < 4.78 is 16.3. The second-order valence-corrected chi connectivity index (χ2v) is 7.75. The van der Waals surface area contributed by atoms with E-state index in [0.29, 0.717) is 16.5 Å². The molecule has 1 amide bonds. The van der Waals surface area contributed by atoms with Crippen LogP contribution in [0.1, 0.15) is 24.0 Å². The van der Waals surface area contributed by atoms with Gasteiger partial charge in [-0.05, 0) is 37.5 Å². The van der Waals surface area contributed by atoms with Crippen LogP contribution in [0.4, 0.5) is 0 Å². The van der Waals surface area contributed by atoms with Crippen molar-refractivity contribution in [1.29, 1.82) is 0 Å². The lowest BCUT2D eigenvalue weighted by atomic mass is 10.0. The highest BCUT2D eigenvalue weighted by molar-refractivity contribution is 7.84. The molecule has 2 atom stereocenters. The number of aromatic hydroxyl groups is 1. The Morgan fingerprint density at radius 2 is 2.04 bits per heavy atom. The van der Waals surface area contributed by atoms with E-state index < -0.39 is 34.3 Å². The molecule has 0 fully saturated rings. The Morgan fingerprint density at radius 1 is 1.33 bits per heavy atom. The van der Waals surface area contributed by atoms with Gasteiger partial charge >= 0.3 is 11.6 Å². The fraction of sp³-hybridized carbons (Fsp3) is 0.389. The number of aryl methyl sites for hydroxylation is 1. The molecule has 0 aliphatic carbocycles. The lowest BCUT2D eigenvalue weighted by Gasteiger charge is -2.14. The average Bonchev–Trinajstić information content (AvgIpc) is 2.57. The smallest absolute Gasteiger partial charge is 0.339 e.